The number of hydrogen-bond acceptors (Lipinski definition) is 4. The average Bonchev–Trinajstić information content (AvgIpc) is 2.90. The molecular formula is C14H23NO3. The van der Waals surface area contributed by atoms with Gasteiger partial charge < -0.3 is 9.15 Å². The van der Waals surface area contributed by atoms with Crippen molar-refractivity contribution in [1.29, 1.82) is 0 Å². The summed E-state index contributed by atoms with van der Waals surface area (Å²) in [6.07, 6.45) is 3.60. The Morgan fingerprint density at radius 3 is 2.67 bits per heavy atom. The average molecular weight is 253 g/mol. The molecular weight excluding hydrogens is 230 g/mol. The molecule has 0 aromatic carbocycles. The Morgan fingerprint density at radius 2 is 2.17 bits per heavy atom. The van der Waals surface area contributed by atoms with Crippen LogP contribution in [-0.4, -0.2) is 43.5 Å². The Morgan fingerprint density at radius 1 is 1.44 bits per heavy atom. The van der Waals surface area contributed by atoms with Gasteiger partial charge in [0.2, 0.25) is 5.78 Å². The van der Waals surface area contributed by atoms with Crippen LogP contribution in [0, 0.1) is 0 Å². The number of Topliss-reactive ketones (excluding diaryl/α,β-unsaturated/α-hetero) is 1. The molecule has 0 unspecified atom stereocenters. The molecule has 1 rings (SSSR count). The highest BCUT2D eigenvalue weighted by Gasteiger charge is 2.20. The van der Waals surface area contributed by atoms with Gasteiger partial charge in [-0.05, 0) is 25.0 Å². The van der Waals surface area contributed by atoms with E-state index in [1.54, 1.807) is 19.2 Å². The van der Waals surface area contributed by atoms with Crippen molar-refractivity contribution < 1.29 is 13.9 Å². The van der Waals surface area contributed by atoms with E-state index in [1.165, 1.54) is 6.26 Å². The topological polar surface area (TPSA) is 42.7 Å². The van der Waals surface area contributed by atoms with Crippen molar-refractivity contribution in [2.24, 2.45) is 0 Å². The highest BCUT2D eigenvalue weighted by Crippen LogP contribution is 2.11. The molecule has 18 heavy (non-hydrogen) atoms. The van der Waals surface area contributed by atoms with Crippen LogP contribution in [0.25, 0.3) is 0 Å². The number of carbonyl (C=O) groups excluding carboxylic acids is 1. The first kappa shape index (κ1) is 14.9. The number of rotatable bonds is 9. The molecule has 0 amide bonds. The zero-order valence-corrected chi connectivity index (χ0v) is 11.5. The molecule has 0 aliphatic heterocycles. The third kappa shape index (κ3) is 4.27. The summed E-state index contributed by atoms with van der Waals surface area (Å²) in [5.74, 6) is 0.464. The fraction of sp³-hybridized carbons (Fsp3) is 0.643. The lowest BCUT2D eigenvalue weighted by Gasteiger charge is -2.29. The van der Waals surface area contributed by atoms with Crippen molar-refractivity contribution in [3.05, 3.63) is 24.2 Å². The number of nitrogens with zero attached hydrogens (tertiary/aromatic N) is 1. The second-order valence-electron chi connectivity index (χ2n) is 4.33. The van der Waals surface area contributed by atoms with Gasteiger partial charge in [-0.1, -0.05) is 13.8 Å². The molecule has 0 bridgehead atoms. The predicted molar refractivity (Wildman–Crippen MR) is 70.9 cm³/mol. The number of carbonyl (C=O) groups is 1. The van der Waals surface area contributed by atoms with E-state index in [-0.39, 0.29) is 5.78 Å². The van der Waals surface area contributed by atoms with Gasteiger partial charge in [0.25, 0.3) is 0 Å². The summed E-state index contributed by atoms with van der Waals surface area (Å²) >= 11 is 0. The van der Waals surface area contributed by atoms with Crippen molar-refractivity contribution in [2.45, 2.75) is 32.7 Å². The Balaban J connectivity index is 2.62. The summed E-state index contributed by atoms with van der Waals surface area (Å²) in [4.78, 5) is 14.2. The van der Waals surface area contributed by atoms with E-state index in [2.05, 4.69) is 18.7 Å². The lowest BCUT2D eigenvalue weighted by molar-refractivity contribution is 0.0788. The van der Waals surface area contributed by atoms with Gasteiger partial charge in [0.1, 0.15) is 0 Å². The lowest BCUT2D eigenvalue weighted by Crippen LogP contribution is -2.40. The molecule has 0 saturated carbocycles. The van der Waals surface area contributed by atoms with Crippen molar-refractivity contribution in [2.75, 3.05) is 26.8 Å². The summed E-state index contributed by atoms with van der Waals surface area (Å²) in [5.41, 5.74) is 0. The Bertz CT molecular complexity index is 331. The Labute approximate surface area is 109 Å². The first-order valence-electron chi connectivity index (χ1n) is 6.52. The minimum atomic E-state index is 0.0306. The number of furan rings is 1. The van der Waals surface area contributed by atoms with E-state index in [0.29, 0.717) is 25.0 Å². The van der Waals surface area contributed by atoms with Crippen LogP contribution in [0.4, 0.5) is 0 Å². The minimum Gasteiger partial charge on any atom is -0.461 e. The van der Waals surface area contributed by atoms with Gasteiger partial charge in [-0.15, -0.1) is 0 Å². The van der Waals surface area contributed by atoms with Gasteiger partial charge in [-0.3, -0.25) is 9.69 Å². The minimum absolute atomic E-state index is 0.0306. The molecule has 4 heteroatoms. The molecule has 0 aliphatic carbocycles. The van der Waals surface area contributed by atoms with Crippen molar-refractivity contribution >= 4 is 5.78 Å². The molecule has 1 heterocycles. The highest BCUT2D eigenvalue weighted by atomic mass is 16.5. The molecule has 0 radical (unpaired) electrons. The monoisotopic (exact) mass is 253 g/mol. The first-order valence-corrected chi connectivity index (χ1v) is 6.52. The second-order valence-corrected chi connectivity index (χ2v) is 4.33. The summed E-state index contributed by atoms with van der Waals surface area (Å²) in [7, 11) is 1.68. The van der Waals surface area contributed by atoms with Crippen LogP contribution in [-0.2, 0) is 4.74 Å². The van der Waals surface area contributed by atoms with Crippen LogP contribution in [0.1, 0.15) is 37.2 Å². The lowest BCUT2D eigenvalue weighted by atomic mass is 10.1. The third-order valence-electron chi connectivity index (χ3n) is 3.18. The maximum absolute atomic E-state index is 12.0. The molecule has 4 nitrogen and oxygen atoms in total. The smallest absolute Gasteiger partial charge is 0.211 e. The summed E-state index contributed by atoms with van der Waals surface area (Å²) < 4.78 is 10.2. The van der Waals surface area contributed by atoms with E-state index in [0.717, 1.165) is 19.4 Å². The number of hydrogen-bond donors (Lipinski definition) is 0. The number of methoxy groups -OCH3 is 1. The van der Waals surface area contributed by atoms with Crippen LogP contribution in [0.15, 0.2) is 22.8 Å². The molecule has 102 valence electrons. The summed E-state index contributed by atoms with van der Waals surface area (Å²) in [6, 6.07) is 3.87. The molecule has 0 aliphatic rings. The van der Waals surface area contributed by atoms with Gasteiger partial charge >= 0.3 is 0 Å². The number of ether oxygens (including phenoxy) is 1. The van der Waals surface area contributed by atoms with Crippen molar-refractivity contribution in [3.8, 4) is 0 Å². The standard InChI is InChI=1S/C14H23NO3/c1-4-12(5-2)15(8-10-17-3)11-13(16)14-7-6-9-18-14/h6-7,9,12H,4-5,8,10-11H2,1-3H3. The van der Waals surface area contributed by atoms with E-state index in [1.807, 2.05) is 0 Å². The van der Waals surface area contributed by atoms with Crippen LogP contribution in [0.3, 0.4) is 0 Å². The maximum Gasteiger partial charge on any atom is 0.211 e. The maximum atomic E-state index is 12.0. The van der Waals surface area contributed by atoms with Gasteiger partial charge in [0.05, 0.1) is 19.4 Å². The normalized spacial score (nSPS) is 11.4. The van der Waals surface area contributed by atoms with Crippen LogP contribution < -0.4 is 0 Å². The fourth-order valence-electron chi connectivity index (χ4n) is 2.10. The van der Waals surface area contributed by atoms with E-state index < -0.39 is 0 Å². The third-order valence-corrected chi connectivity index (χ3v) is 3.18. The zero-order chi connectivity index (χ0) is 13.4. The van der Waals surface area contributed by atoms with E-state index in [9.17, 15) is 4.79 Å². The molecule has 0 fully saturated rings. The molecule has 0 spiro atoms. The Hall–Kier alpha value is -1.13. The second kappa shape index (κ2) is 8.06. The van der Waals surface area contributed by atoms with Crippen LogP contribution in [0.2, 0.25) is 0 Å². The van der Waals surface area contributed by atoms with Gasteiger partial charge in [-0.2, -0.15) is 0 Å². The largest absolute Gasteiger partial charge is 0.461 e. The summed E-state index contributed by atoms with van der Waals surface area (Å²) in [6.45, 7) is 6.09. The van der Waals surface area contributed by atoms with E-state index in [4.69, 9.17) is 9.15 Å². The quantitative estimate of drug-likeness (QED) is 0.634. The van der Waals surface area contributed by atoms with Crippen molar-refractivity contribution in [1.82, 2.24) is 4.90 Å². The molecule has 0 atom stereocenters. The zero-order valence-electron chi connectivity index (χ0n) is 11.5. The number of ketones is 1. The SMILES string of the molecule is CCC(CC)N(CCOC)CC(=O)c1ccco1. The summed E-state index contributed by atoms with van der Waals surface area (Å²) in [5, 5.41) is 0. The molecule has 0 N–H and O–H groups in total. The van der Waals surface area contributed by atoms with E-state index >= 15 is 0 Å². The van der Waals surface area contributed by atoms with Crippen LogP contribution in [0.5, 0.6) is 0 Å². The van der Waals surface area contributed by atoms with Gasteiger partial charge in [0, 0.05) is 19.7 Å². The molecule has 1 aromatic heterocycles. The molecule has 0 saturated heterocycles. The highest BCUT2D eigenvalue weighted by molar-refractivity contribution is 5.95. The van der Waals surface area contributed by atoms with Gasteiger partial charge in [-0.25, -0.2) is 0 Å². The van der Waals surface area contributed by atoms with Crippen molar-refractivity contribution in [3.63, 3.8) is 0 Å². The first-order chi connectivity index (χ1) is 8.72. The predicted octanol–water partition coefficient (Wildman–Crippen LogP) is 2.60. The fourth-order valence-corrected chi connectivity index (χ4v) is 2.10. The van der Waals surface area contributed by atoms with Crippen LogP contribution >= 0.6 is 0 Å². The molecule has 1 aromatic rings. The van der Waals surface area contributed by atoms with Gasteiger partial charge in [0.15, 0.2) is 5.76 Å². The Kier molecular flexibility index (Phi) is 6.68.